The second-order valence-corrected chi connectivity index (χ2v) is 5.22. The smallest absolute Gasteiger partial charge is 0.163 e. The van der Waals surface area contributed by atoms with Crippen molar-refractivity contribution in [1.82, 2.24) is 9.97 Å². The Hall–Kier alpha value is -2.04. The summed E-state index contributed by atoms with van der Waals surface area (Å²) in [6.45, 7) is 8.49. The minimum absolute atomic E-state index is 0.667. The quantitative estimate of drug-likeness (QED) is 0.744. The molecule has 0 radical (unpaired) electrons. The molecule has 0 spiro atoms. The largest absolute Gasteiger partial charge is 0.490 e. The van der Waals surface area contributed by atoms with Crippen molar-refractivity contribution >= 4 is 16.7 Å². The number of hydrogen-bond acceptors (Lipinski definition) is 5. The van der Waals surface area contributed by atoms with Gasteiger partial charge in [-0.2, -0.15) is 0 Å². The molecule has 0 amide bonds. The summed E-state index contributed by atoms with van der Waals surface area (Å²) in [6, 6.07) is 3.95. The number of nitrogens with zero attached hydrogens (tertiary/aromatic N) is 3. The van der Waals surface area contributed by atoms with Gasteiger partial charge in [-0.3, -0.25) is 0 Å². The molecule has 2 aromatic rings. The van der Waals surface area contributed by atoms with Crippen molar-refractivity contribution in [2.24, 2.45) is 0 Å². The summed E-state index contributed by atoms with van der Waals surface area (Å²) < 4.78 is 11.7. The van der Waals surface area contributed by atoms with E-state index in [9.17, 15) is 0 Å². The van der Waals surface area contributed by atoms with E-state index in [1.54, 1.807) is 6.33 Å². The van der Waals surface area contributed by atoms with Crippen LogP contribution in [0.25, 0.3) is 10.9 Å². The van der Waals surface area contributed by atoms with E-state index in [-0.39, 0.29) is 0 Å². The van der Waals surface area contributed by atoms with E-state index in [0.717, 1.165) is 47.6 Å². The molecular weight excluding hydrogens is 278 g/mol. The van der Waals surface area contributed by atoms with E-state index < -0.39 is 0 Å². The first-order chi connectivity index (χ1) is 10.7. The van der Waals surface area contributed by atoms with Crippen molar-refractivity contribution < 1.29 is 9.47 Å². The number of ether oxygens (including phenoxy) is 2. The predicted octanol–water partition coefficient (Wildman–Crippen LogP) is 3.66. The fraction of sp³-hybridized carbons (Fsp3) is 0.529. The molecule has 5 nitrogen and oxygen atoms in total. The lowest BCUT2D eigenvalue weighted by atomic mass is 10.2. The lowest BCUT2D eigenvalue weighted by molar-refractivity contribution is 0.269. The summed E-state index contributed by atoms with van der Waals surface area (Å²) in [5, 5.41) is 0.988. The van der Waals surface area contributed by atoms with Gasteiger partial charge in [0, 0.05) is 25.0 Å². The highest BCUT2D eigenvalue weighted by molar-refractivity contribution is 5.91. The Morgan fingerprint density at radius 1 is 0.955 bits per heavy atom. The lowest BCUT2D eigenvalue weighted by Crippen LogP contribution is -2.17. The van der Waals surface area contributed by atoms with Crippen LogP contribution < -0.4 is 14.4 Å². The number of fused-ring (bicyclic) bond motifs is 1. The van der Waals surface area contributed by atoms with E-state index >= 15 is 0 Å². The van der Waals surface area contributed by atoms with Crippen molar-refractivity contribution in [3.8, 4) is 11.5 Å². The molecule has 0 aliphatic heterocycles. The lowest BCUT2D eigenvalue weighted by Gasteiger charge is -2.19. The first-order valence-corrected chi connectivity index (χ1v) is 7.96. The van der Waals surface area contributed by atoms with Gasteiger partial charge in [0.15, 0.2) is 11.5 Å². The van der Waals surface area contributed by atoms with Crippen molar-refractivity contribution in [3.05, 3.63) is 18.5 Å². The highest BCUT2D eigenvalue weighted by atomic mass is 16.5. The molecule has 5 heteroatoms. The predicted molar refractivity (Wildman–Crippen MR) is 90.1 cm³/mol. The van der Waals surface area contributed by atoms with Crippen LogP contribution in [0, 0.1) is 0 Å². The molecule has 2 rings (SSSR count). The zero-order valence-corrected chi connectivity index (χ0v) is 13.9. The van der Waals surface area contributed by atoms with Crippen molar-refractivity contribution in [1.29, 1.82) is 0 Å². The fourth-order valence-corrected chi connectivity index (χ4v) is 2.15. The standard InChI is InChI=1S/C17H25N3O2/c1-5-8-21-15-10-13-14(11-16(15)22-9-6-2)18-12-19-17(13)20(4)7-3/h10-12H,5-9H2,1-4H3. The van der Waals surface area contributed by atoms with Gasteiger partial charge in [-0.05, 0) is 25.8 Å². The Kier molecular flexibility index (Phi) is 5.81. The fourth-order valence-electron chi connectivity index (χ4n) is 2.15. The molecule has 0 aliphatic carbocycles. The number of anilines is 1. The van der Waals surface area contributed by atoms with E-state index in [1.807, 2.05) is 19.2 Å². The average Bonchev–Trinajstić information content (AvgIpc) is 2.56. The van der Waals surface area contributed by atoms with E-state index in [0.29, 0.717) is 13.2 Å². The monoisotopic (exact) mass is 303 g/mol. The third-order valence-corrected chi connectivity index (χ3v) is 3.44. The van der Waals surface area contributed by atoms with Crippen LogP contribution in [0.3, 0.4) is 0 Å². The van der Waals surface area contributed by atoms with Crippen LogP contribution in [0.4, 0.5) is 5.82 Å². The normalized spacial score (nSPS) is 10.7. The zero-order chi connectivity index (χ0) is 15.9. The molecule has 0 atom stereocenters. The average molecular weight is 303 g/mol. The maximum Gasteiger partial charge on any atom is 0.163 e. The van der Waals surface area contributed by atoms with Crippen LogP contribution in [0.15, 0.2) is 18.5 Å². The SMILES string of the molecule is CCCOc1cc2ncnc(N(C)CC)c2cc1OCCC. The third kappa shape index (κ3) is 3.59. The summed E-state index contributed by atoms with van der Waals surface area (Å²) in [6.07, 6.45) is 3.51. The first kappa shape index (κ1) is 16.3. The molecule has 1 aromatic carbocycles. The Bertz CT molecular complexity index is 616. The molecule has 0 saturated heterocycles. The molecule has 0 bridgehead atoms. The van der Waals surface area contributed by atoms with E-state index in [1.165, 1.54) is 0 Å². The van der Waals surface area contributed by atoms with Gasteiger partial charge >= 0.3 is 0 Å². The molecule has 0 fully saturated rings. The second-order valence-electron chi connectivity index (χ2n) is 5.22. The Morgan fingerprint density at radius 3 is 2.18 bits per heavy atom. The topological polar surface area (TPSA) is 47.5 Å². The van der Waals surface area contributed by atoms with Gasteiger partial charge in [0.05, 0.1) is 18.7 Å². The molecular formula is C17H25N3O2. The maximum atomic E-state index is 5.86. The number of hydrogen-bond donors (Lipinski definition) is 0. The summed E-state index contributed by atoms with van der Waals surface area (Å²) in [5.41, 5.74) is 0.875. The molecule has 0 saturated carbocycles. The molecule has 120 valence electrons. The number of aromatic nitrogens is 2. The Morgan fingerprint density at radius 2 is 1.59 bits per heavy atom. The highest BCUT2D eigenvalue weighted by Gasteiger charge is 2.13. The number of rotatable bonds is 8. The highest BCUT2D eigenvalue weighted by Crippen LogP contribution is 2.35. The molecule has 22 heavy (non-hydrogen) atoms. The van der Waals surface area contributed by atoms with Gasteiger partial charge in [0.2, 0.25) is 0 Å². The van der Waals surface area contributed by atoms with Crippen molar-refractivity contribution in [3.63, 3.8) is 0 Å². The minimum Gasteiger partial charge on any atom is -0.490 e. The van der Waals surface area contributed by atoms with Gasteiger partial charge in [-0.1, -0.05) is 13.8 Å². The zero-order valence-electron chi connectivity index (χ0n) is 13.9. The summed E-state index contributed by atoms with van der Waals surface area (Å²) in [5.74, 6) is 2.44. The molecule has 0 aliphatic rings. The molecule has 1 heterocycles. The van der Waals surface area contributed by atoms with Crippen LogP contribution in [0.1, 0.15) is 33.6 Å². The number of benzene rings is 1. The summed E-state index contributed by atoms with van der Waals surface area (Å²) in [7, 11) is 2.02. The Labute approximate surface area is 132 Å². The first-order valence-electron chi connectivity index (χ1n) is 7.96. The van der Waals surface area contributed by atoms with E-state index in [4.69, 9.17) is 9.47 Å². The van der Waals surface area contributed by atoms with Gasteiger partial charge < -0.3 is 14.4 Å². The van der Waals surface area contributed by atoms with Crippen LogP contribution in [0.2, 0.25) is 0 Å². The van der Waals surface area contributed by atoms with Crippen molar-refractivity contribution in [2.75, 3.05) is 31.7 Å². The van der Waals surface area contributed by atoms with Gasteiger partial charge in [0.25, 0.3) is 0 Å². The van der Waals surface area contributed by atoms with Crippen LogP contribution in [-0.4, -0.2) is 36.8 Å². The van der Waals surface area contributed by atoms with Crippen molar-refractivity contribution in [2.45, 2.75) is 33.6 Å². The maximum absolute atomic E-state index is 5.86. The van der Waals surface area contributed by atoms with Gasteiger partial charge in [0.1, 0.15) is 12.1 Å². The van der Waals surface area contributed by atoms with Gasteiger partial charge in [-0.25, -0.2) is 9.97 Å². The van der Waals surface area contributed by atoms with E-state index in [2.05, 4.69) is 35.6 Å². The third-order valence-electron chi connectivity index (χ3n) is 3.44. The molecule has 1 aromatic heterocycles. The summed E-state index contributed by atoms with van der Waals surface area (Å²) >= 11 is 0. The minimum atomic E-state index is 0.667. The molecule has 0 N–H and O–H groups in total. The van der Waals surface area contributed by atoms with Gasteiger partial charge in [-0.15, -0.1) is 0 Å². The van der Waals surface area contributed by atoms with Crippen LogP contribution in [0.5, 0.6) is 11.5 Å². The van der Waals surface area contributed by atoms with Crippen LogP contribution >= 0.6 is 0 Å². The Balaban J connectivity index is 2.50. The van der Waals surface area contributed by atoms with Crippen LogP contribution in [-0.2, 0) is 0 Å². The second kappa shape index (κ2) is 7.82. The molecule has 0 unspecified atom stereocenters. The summed E-state index contributed by atoms with van der Waals surface area (Å²) in [4.78, 5) is 10.9.